The number of aryl methyl sites for hydroxylation is 1. The average molecular weight is 403 g/mol. The maximum Gasteiger partial charge on any atom is 0.275 e. The summed E-state index contributed by atoms with van der Waals surface area (Å²) in [5, 5.41) is 2.95. The third-order valence-electron chi connectivity index (χ3n) is 4.60. The normalized spacial score (nSPS) is 11.5. The number of nitrogens with one attached hydrogen (secondary N) is 2. The minimum atomic E-state index is -0.0390. The summed E-state index contributed by atoms with van der Waals surface area (Å²) >= 11 is 0. The predicted octanol–water partition coefficient (Wildman–Crippen LogP) is 1.36. The van der Waals surface area contributed by atoms with E-state index in [4.69, 9.17) is 18.9 Å². The summed E-state index contributed by atoms with van der Waals surface area (Å²) in [7, 11) is 8.34. The quantitative estimate of drug-likeness (QED) is 0.627. The summed E-state index contributed by atoms with van der Waals surface area (Å²) in [6.07, 6.45) is 0. The zero-order valence-corrected chi connectivity index (χ0v) is 18.0. The molecule has 1 atom stereocenters. The Hall–Kier alpha value is -2.93. The summed E-state index contributed by atoms with van der Waals surface area (Å²) in [5.74, 6) is 2.45. The van der Waals surface area contributed by atoms with Gasteiger partial charge in [-0.2, -0.15) is 0 Å². The van der Waals surface area contributed by atoms with Crippen molar-refractivity contribution in [2.45, 2.75) is 20.0 Å². The molecule has 0 saturated heterocycles. The van der Waals surface area contributed by atoms with Crippen molar-refractivity contribution in [3.05, 3.63) is 47.0 Å². The van der Waals surface area contributed by atoms with Crippen molar-refractivity contribution in [1.82, 2.24) is 5.32 Å². The van der Waals surface area contributed by atoms with E-state index >= 15 is 0 Å². The number of carbonyl (C=O) groups is 1. The standard InChI is InChI=1S/C22H30N2O5/c1-15-7-8-18(26-3)17(9-15)13-24(2)14-21(25)23-12-16-10-19(27-4)22(29-6)20(11-16)28-5/h7-11H,12-14H2,1-6H3,(H,23,25)/p+1. The number of rotatable bonds is 10. The van der Waals surface area contributed by atoms with Crippen molar-refractivity contribution in [3.63, 3.8) is 0 Å². The van der Waals surface area contributed by atoms with Gasteiger partial charge in [-0.1, -0.05) is 11.6 Å². The van der Waals surface area contributed by atoms with Gasteiger partial charge < -0.3 is 29.2 Å². The molecule has 0 aliphatic heterocycles. The average Bonchev–Trinajstić information content (AvgIpc) is 2.71. The van der Waals surface area contributed by atoms with Crippen molar-refractivity contribution in [2.75, 3.05) is 42.0 Å². The minimum absolute atomic E-state index is 0.0390. The number of hydrogen-bond acceptors (Lipinski definition) is 5. The molecule has 0 fully saturated rings. The number of carbonyl (C=O) groups excluding carboxylic acids is 1. The van der Waals surface area contributed by atoms with Crippen LogP contribution in [-0.4, -0.2) is 47.9 Å². The molecule has 158 valence electrons. The van der Waals surface area contributed by atoms with Crippen LogP contribution in [0.4, 0.5) is 0 Å². The molecular formula is C22H31N2O5+. The van der Waals surface area contributed by atoms with Crippen molar-refractivity contribution < 1.29 is 28.6 Å². The van der Waals surface area contributed by atoms with E-state index in [0.717, 1.165) is 21.8 Å². The van der Waals surface area contributed by atoms with Crippen LogP contribution in [0.3, 0.4) is 0 Å². The lowest BCUT2D eigenvalue weighted by Gasteiger charge is -2.17. The molecule has 7 nitrogen and oxygen atoms in total. The highest BCUT2D eigenvalue weighted by Crippen LogP contribution is 2.38. The third-order valence-corrected chi connectivity index (χ3v) is 4.60. The molecule has 29 heavy (non-hydrogen) atoms. The van der Waals surface area contributed by atoms with Crippen LogP contribution in [0.1, 0.15) is 16.7 Å². The van der Waals surface area contributed by atoms with Crippen LogP contribution >= 0.6 is 0 Å². The topological polar surface area (TPSA) is 70.5 Å². The van der Waals surface area contributed by atoms with Crippen molar-refractivity contribution in [1.29, 1.82) is 0 Å². The lowest BCUT2D eigenvalue weighted by Crippen LogP contribution is -3.08. The van der Waals surface area contributed by atoms with Crippen molar-refractivity contribution in [3.8, 4) is 23.0 Å². The van der Waals surface area contributed by atoms with Gasteiger partial charge in [0, 0.05) is 12.1 Å². The number of amides is 1. The number of methoxy groups -OCH3 is 4. The highest BCUT2D eigenvalue weighted by atomic mass is 16.5. The van der Waals surface area contributed by atoms with Gasteiger partial charge in [-0.3, -0.25) is 4.79 Å². The first kappa shape index (κ1) is 22.4. The lowest BCUT2D eigenvalue weighted by atomic mass is 10.1. The second-order valence-electron chi connectivity index (χ2n) is 6.94. The van der Waals surface area contributed by atoms with E-state index in [9.17, 15) is 4.79 Å². The van der Waals surface area contributed by atoms with Crippen molar-refractivity contribution >= 4 is 5.91 Å². The Balaban J connectivity index is 1.97. The maximum absolute atomic E-state index is 12.4. The van der Waals surface area contributed by atoms with Gasteiger partial charge in [0.05, 0.1) is 35.5 Å². The molecule has 2 aromatic rings. The second kappa shape index (κ2) is 10.6. The van der Waals surface area contributed by atoms with Crippen LogP contribution in [-0.2, 0) is 17.9 Å². The van der Waals surface area contributed by atoms with Gasteiger partial charge in [-0.15, -0.1) is 0 Å². The van der Waals surface area contributed by atoms with Gasteiger partial charge in [-0.05, 0) is 36.8 Å². The van der Waals surface area contributed by atoms with Gasteiger partial charge in [0.15, 0.2) is 18.0 Å². The zero-order valence-electron chi connectivity index (χ0n) is 18.0. The highest BCUT2D eigenvalue weighted by molar-refractivity contribution is 5.76. The fourth-order valence-electron chi connectivity index (χ4n) is 3.21. The number of benzene rings is 2. The smallest absolute Gasteiger partial charge is 0.275 e. The Kier molecular flexibility index (Phi) is 8.15. The molecule has 1 unspecified atom stereocenters. The summed E-state index contributed by atoms with van der Waals surface area (Å²) in [6, 6.07) is 9.73. The molecule has 1 amide bonds. The van der Waals surface area contributed by atoms with Gasteiger partial charge in [0.1, 0.15) is 12.3 Å². The Labute approximate surface area is 172 Å². The molecule has 0 radical (unpaired) electrons. The summed E-state index contributed by atoms with van der Waals surface area (Å²) in [4.78, 5) is 13.5. The molecule has 2 rings (SSSR count). The summed E-state index contributed by atoms with van der Waals surface area (Å²) in [6.45, 7) is 3.46. The van der Waals surface area contributed by atoms with Gasteiger partial charge in [0.2, 0.25) is 5.75 Å². The van der Waals surface area contributed by atoms with Gasteiger partial charge >= 0.3 is 0 Å². The van der Waals surface area contributed by atoms with Gasteiger partial charge in [-0.25, -0.2) is 0 Å². The molecule has 2 N–H and O–H groups in total. The molecule has 0 aromatic heterocycles. The van der Waals surface area contributed by atoms with E-state index in [0.29, 0.717) is 36.9 Å². The molecule has 0 bridgehead atoms. The molecule has 0 aliphatic carbocycles. The Bertz CT molecular complexity index is 813. The van der Waals surface area contributed by atoms with Crippen molar-refractivity contribution in [2.24, 2.45) is 0 Å². The Morgan fingerprint density at radius 3 is 2.10 bits per heavy atom. The first-order chi connectivity index (χ1) is 13.9. The van der Waals surface area contributed by atoms with E-state index in [2.05, 4.69) is 11.4 Å². The van der Waals surface area contributed by atoms with Crippen LogP contribution in [0.2, 0.25) is 0 Å². The number of quaternary nitrogens is 1. The molecule has 2 aromatic carbocycles. The molecule has 0 heterocycles. The van der Waals surface area contributed by atoms with E-state index < -0.39 is 0 Å². The highest BCUT2D eigenvalue weighted by Gasteiger charge is 2.16. The van der Waals surface area contributed by atoms with Crippen LogP contribution in [0.15, 0.2) is 30.3 Å². The first-order valence-electron chi connectivity index (χ1n) is 9.42. The number of likely N-dealkylation sites (N-methyl/N-ethyl adjacent to an activating group) is 1. The van der Waals surface area contributed by atoms with Crippen LogP contribution in [0.5, 0.6) is 23.0 Å². The monoisotopic (exact) mass is 403 g/mol. The maximum atomic E-state index is 12.4. The SMILES string of the molecule is COc1ccc(C)cc1C[NH+](C)CC(=O)NCc1cc(OC)c(OC)c(OC)c1. The fourth-order valence-corrected chi connectivity index (χ4v) is 3.21. The lowest BCUT2D eigenvalue weighted by molar-refractivity contribution is -0.885. The molecule has 0 aliphatic rings. The zero-order chi connectivity index (χ0) is 21.4. The van der Waals surface area contributed by atoms with Crippen LogP contribution in [0, 0.1) is 6.92 Å². The molecule has 0 saturated carbocycles. The Morgan fingerprint density at radius 2 is 1.55 bits per heavy atom. The summed E-state index contributed by atoms with van der Waals surface area (Å²) in [5.41, 5.74) is 3.12. The van der Waals surface area contributed by atoms with E-state index in [1.165, 1.54) is 5.56 Å². The van der Waals surface area contributed by atoms with E-state index in [1.54, 1.807) is 28.4 Å². The fraction of sp³-hybridized carbons (Fsp3) is 0.409. The first-order valence-corrected chi connectivity index (χ1v) is 9.42. The number of hydrogen-bond donors (Lipinski definition) is 2. The third kappa shape index (κ3) is 6.02. The molecular weight excluding hydrogens is 372 g/mol. The Morgan fingerprint density at radius 1 is 0.931 bits per heavy atom. The predicted molar refractivity (Wildman–Crippen MR) is 111 cm³/mol. The number of ether oxygens (including phenoxy) is 4. The second-order valence-corrected chi connectivity index (χ2v) is 6.94. The molecule has 0 spiro atoms. The van der Waals surface area contributed by atoms with Crippen LogP contribution in [0.25, 0.3) is 0 Å². The minimum Gasteiger partial charge on any atom is -0.496 e. The van der Waals surface area contributed by atoms with Crippen LogP contribution < -0.4 is 29.2 Å². The summed E-state index contributed by atoms with van der Waals surface area (Å²) < 4.78 is 21.5. The largest absolute Gasteiger partial charge is 0.496 e. The van der Waals surface area contributed by atoms with E-state index in [-0.39, 0.29) is 5.91 Å². The van der Waals surface area contributed by atoms with Gasteiger partial charge in [0.25, 0.3) is 5.91 Å². The molecule has 7 heteroatoms. The van der Waals surface area contributed by atoms with E-state index in [1.807, 2.05) is 38.2 Å².